The van der Waals surface area contributed by atoms with Crippen molar-refractivity contribution in [3.05, 3.63) is 47.8 Å². The highest BCUT2D eigenvalue weighted by atomic mass is 15.4. The molecule has 2 N–H and O–H groups in total. The van der Waals surface area contributed by atoms with Gasteiger partial charge in [0.15, 0.2) is 5.82 Å². The van der Waals surface area contributed by atoms with Crippen molar-refractivity contribution in [2.75, 3.05) is 17.2 Å². The van der Waals surface area contributed by atoms with Crippen molar-refractivity contribution < 1.29 is 0 Å². The zero-order valence-electron chi connectivity index (χ0n) is 17.4. The van der Waals surface area contributed by atoms with Crippen LogP contribution in [0.2, 0.25) is 0 Å². The molecule has 0 spiro atoms. The van der Waals surface area contributed by atoms with E-state index in [1.807, 2.05) is 4.52 Å². The molecule has 0 unspecified atom stereocenters. The standard InChI is InChI=1S/C22H32N6/c1-5-18(6-2)24-20-15-19(22-26-25-21(16(3)4)28(22)27-20)23-14-10-13-17-11-8-7-9-12-17/h7-9,11-12,15-16,18,23H,5-6,10,13-14H2,1-4H3,(H,24,27). The lowest BCUT2D eigenvalue weighted by atomic mass is 10.1. The summed E-state index contributed by atoms with van der Waals surface area (Å²) in [4.78, 5) is 0. The molecule has 0 fully saturated rings. The Labute approximate surface area is 167 Å². The summed E-state index contributed by atoms with van der Waals surface area (Å²) in [5.74, 6) is 2.01. The predicted octanol–water partition coefficient (Wildman–Crippen LogP) is 4.89. The van der Waals surface area contributed by atoms with Gasteiger partial charge in [0, 0.05) is 24.6 Å². The van der Waals surface area contributed by atoms with Crippen molar-refractivity contribution >= 4 is 17.2 Å². The molecule has 0 bridgehead atoms. The summed E-state index contributed by atoms with van der Waals surface area (Å²) in [5, 5.41) is 20.7. The highest BCUT2D eigenvalue weighted by Gasteiger charge is 2.16. The Morgan fingerprint density at radius 3 is 2.46 bits per heavy atom. The predicted molar refractivity (Wildman–Crippen MR) is 116 cm³/mol. The lowest BCUT2D eigenvalue weighted by Gasteiger charge is -2.17. The van der Waals surface area contributed by atoms with Crippen molar-refractivity contribution in [2.45, 2.75) is 65.3 Å². The maximum absolute atomic E-state index is 4.77. The van der Waals surface area contributed by atoms with Crippen LogP contribution in [0.4, 0.5) is 11.5 Å². The first-order chi connectivity index (χ1) is 13.6. The quantitative estimate of drug-likeness (QED) is 0.490. The van der Waals surface area contributed by atoms with Gasteiger partial charge in [-0.1, -0.05) is 58.0 Å². The van der Waals surface area contributed by atoms with Crippen LogP contribution in [0.3, 0.4) is 0 Å². The first kappa shape index (κ1) is 20.1. The van der Waals surface area contributed by atoms with Gasteiger partial charge in [0.2, 0.25) is 5.65 Å². The first-order valence-corrected chi connectivity index (χ1v) is 10.4. The van der Waals surface area contributed by atoms with E-state index in [0.29, 0.717) is 6.04 Å². The Balaban J connectivity index is 1.78. The van der Waals surface area contributed by atoms with Crippen LogP contribution >= 0.6 is 0 Å². The van der Waals surface area contributed by atoms with Gasteiger partial charge in [0.05, 0.1) is 5.69 Å². The second-order valence-corrected chi connectivity index (χ2v) is 7.57. The second kappa shape index (κ2) is 9.53. The highest BCUT2D eigenvalue weighted by Crippen LogP contribution is 2.23. The molecule has 0 saturated heterocycles. The van der Waals surface area contributed by atoms with Crippen LogP contribution in [-0.2, 0) is 6.42 Å². The van der Waals surface area contributed by atoms with E-state index in [1.54, 1.807) is 0 Å². The number of aromatic nitrogens is 4. The molecule has 28 heavy (non-hydrogen) atoms. The normalized spacial score (nSPS) is 11.5. The lowest BCUT2D eigenvalue weighted by molar-refractivity contribution is 0.661. The first-order valence-electron chi connectivity index (χ1n) is 10.4. The van der Waals surface area contributed by atoms with Crippen LogP contribution < -0.4 is 10.6 Å². The maximum atomic E-state index is 4.77. The third kappa shape index (κ3) is 4.80. The van der Waals surface area contributed by atoms with Gasteiger partial charge in [-0.05, 0) is 31.2 Å². The third-order valence-corrected chi connectivity index (χ3v) is 5.05. The smallest absolute Gasteiger partial charge is 0.201 e. The van der Waals surface area contributed by atoms with Gasteiger partial charge in [-0.25, -0.2) is 0 Å². The third-order valence-electron chi connectivity index (χ3n) is 5.05. The van der Waals surface area contributed by atoms with Gasteiger partial charge in [0.25, 0.3) is 0 Å². The number of anilines is 2. The van der Waals surface area contributed by atoms with E-state index >= 15 is 0 Å². The fraction of sp³-hybridized carbons (Fsp3) is 0.500. The number of hydrogen-bond acceptors (Lipinski definition) is 5. The molecular formula is C22H32N6. The van der Waals surface area contributed by atoms with Gasteiger partial charge in [-0.2, -0.15) is 4.52 Å². The molecule has 0 atom stereocenters. The molecule has 0 aliphatic rings. The number of fused-ring (bicyclic) bond motifs is 1. The van der Waals surface area contributed by atoms with Crippen molar-refractivity contribution in [3.8, 4) is 0 Å². The Hall–Kier alpha value is -2.63. The molecule has 2 heterocycles. The summed E-state index contributed by atoms with van der Waals surface area (Å²) in [6.45, 7) is 9.50. The molecule has 3 rings (SSSR count). The second-order valence-electron chi connectivity index (χ2n) is 7.57. The number of benzene rings is 1. The molecule has 6 nitrogen and oxygen atoms in total. The van der Waals surface area contributed by atoms with E-state index in [-0.39, 0.29) is 5.92 Å². The van der Waals surface area contributed by atoms with Gasteiger partial charge in [0.1, 0.15) is 5.82 Å². The molecule has 2 aromatic heterocycles. The summed E-state index contributed by atoms with van der Waals surface area (Å²) in [6, 6.07) is 13.1. The van der Waals surface area contributed by atoms with Crippen LogP contribution in [0.15, 0.2) is 36.4 Å². The van der Waals surface area contributed by atoms with Crippen molar-refractivity contribution in [1.29, 1.82) is 0 Å². The average Bonchev–Trinajstić information content (AvgIpc) is 3.14. The highest BCUT2D eigenvalue weighted by molar-refractivity contribution is 5.70. The summed E-state index contributed by atoms with van der Waals surface area (Å²) in [5.41, 5.74) is 3.14. The van der Waals surface area contributed by atoms with Crippen molar-refractivity contribution in [2.24, 2.45) is 0 Å². The molecule has 0 saturated carbocycles. The molecule has 3 aromatic rings. The zero-order valence-corrected chi connectivity index (χ0v) is 17.4. The maximum Gasteiger partial charge on any atom is 0.201 e. The van der Waals surface area contributed by atoms with Gasteiger partial charge in [-0.15, -0.1) is 15.3 Å². The molecular weight excluding hydrogens is 348 g/mol. The zero-order chi connectivity index (χ0) is 19.9. The van der Waals surface area contributed by atoms with E-state index < -0.39 is 0 Å². The van der Waals surface area contributed by atoms with Crippen molar-refractivity contribution in [1.82, 2.24) is 19.8 Å². The van der Waals surface area contributed by atoms with E-state index in [0.717, 1.165) is 55.2 Å². The minimum atomic E-state index is 0.261. The van der Waals surface area contributed by atoms with E-state index in [2.05, 4.69) is 84.9 Å². The van der Waals surface area contributed by atoms with Crippen LogP contribution in [0.25, 0.3) is 5.65 Å². The molecule has 0 amide bonds. The van der Waals surface area contributed by atoms with Gasteiger partial charge >= 0.3 is 0 Å². The Morgan fingerprint density at radius 1 is 1.04 bits per heavy atom. The largest absolute Gasteiger partial charge is 0.382 e. The summed E-state index contributed by atoms with van der Waals surface area (Å²) in [7, 11) is 0. The number of nitrogens with zero attached hydrogens (tertiary/aromatic N) is 4. The molecule has 0 aliphatic heterocycles. The van der Waals surface area contributed by atoms with Crippen LogP contribution in [0, 0.1) is 0 Å². The van der Waals surface area contributed by atoms with Gasteiger partial charge in [-0.3, -0.25) is 0 Å². The van der Waals surface area contributed by atoms with Crippen LogP contribution in [0.1, 0.15) is 64.3 Å². The Morgan fingerprint density at radius 2 is 1.79 bits per heavy atom. The number of rotatable bonds is 10. The summed E-state index contributed by atoms with van der Waals surface area (Å²) < 4.78 is 1.88. The Bertz CT molecular complexity index is 867. The topological polar surface area (TPSA) is 67.1 Å². The van der Waals surface area contributed by atoms with Gasteiger partial charge < -0.3 is 10.6 Å². The average molecular weight is 381 g/mol. The minimum absolute atomic E-state index is 0.261. The Kier molecular flexibility index (Phi) is 6.85. The minimum Gasteiger partial charge on any atom is -0.382 e. The molecule has 6 heteroatoms. The van der Waals surface area contributed by atoms with Crippen molar-refractivity contribution in [3.63, 3.8) is 0 Å². The lowest BCUT2D eigenvalue weighted by Crippen LogP contribution is -2.19. The van der Waals surface area contributed by atoms with Crippen LogP contribution in [0.5, 0.6) is 0 Å². The monoisotopic (exact) mass is 380 g/mol. The summed E-state index contributed by atoms with van der Waals surface area (Å²) >= 11 is 0. The van der Waals surface area contributed by atoms with E-state index in [4.69, 9.17) is 5.10 Å². The molecule has 150 valence electrons. The molecule has 0 aliphatic carbocycles. The number of nitrogens with one attached hydrogen (secondary N) is 2. The SMILES string of the molecule is CCC(CC)Nc1cc(NCCCc2ccccc2)c2nnc(C(C)C)n2n1. The molecule has 1 aromatic carbocycles. The fourth-order valence-corrected chi connectivity index (χ4v) is 3.32. The summed E-state index contributed by atoms with van der Waals surface area (Å²) in [6.07, 6.45) is 4.24. The van der Waals surface area contributed by atoms with E-state index in [9.17, 15) is 0 Å². The van der Waals surface area contributed by atoms with E-state index in [1.165, 1.54) is 5.56 Å². The number of hydrogen-bond donors (Lipinski definition) is 2. The number of aryl methyl sites for hydroxylation is 1. The van der Waals surface area contributed by atoms with Crippen LogP contribution in [-0.4, -0.2) is 32.4 Å². The molecule has 0 radical (unpaired) electrons. The fourth-order valence-electron chi connectivity index (χ4n) is 3.32.